The largest absolute Gasteiger partial charge is 0.443 e. The van der Waals surface area contributed by atoms with Crippen LogP contribution in [0.4, 0.5) is 42.5 Å². The van der Waals surface area contributed by atoms with Crippen molar-refractivity contribution < 1.29 is 40.6 Å². The van der Waals surface area contributed by atoms with Gasteiger partial charge >= 0.3 is 18.4 Å². The third kappa shape index (κ3) is 5.24. The molecule has 0 bridgehead atoms. The topological polar surface area (TPSA) is 63.2 Å². The van der Waals surface area contributed by atoms with Gasteiger partial charge in [-0.15, -0.1) is 0 Å². The van der Waals surface area contributed by atoms with Gasteiger partial charge in [0, 0.05) is 12.8 Å². The number of halogens is 6. The van der Waals surface area contributed by atoms with Crippen molar-refractivity contribution in [1.29, 1.82) is 0 Å². The molecule has 37 heavy (non-hydrogen) atoms. The van der Waals surface area contributed by atoms with Gasteiger partial charge in [0.15, 0.2) is 11.4 Å². The fourth-order valence-electron chi connectivity index (χ4n) is 4.22. The number of thioether (sulfide) groups is 1. The normalized spacial score (nSPS) is 21.7. The summed E-state index contributed by atoms with van der Waals surface area (Å²) in [5.41, 5.74) is -2.94. The average Bonchev–Trinajstić information content (AvgIpc) is 3.30. The van der Waals surface area contributed by atoms with E-state index in [1.54, 1.807) is 45.0 Å². The third-order valence-electron chi connectivity index (χ3n) is 5.64. The molecule has 4 rings (SSSR count). The van der Waals surface area contributed by atoms with E-state index in [0.717, 1.165) is 11.8 Å². The second kappa shape index (κ2) is 9.12. The number of rotatable bonds is 2. The highest BCUT2D eigenvalue weighted by Gasteiger charge is 2.58. The van der Waals surface area contributed by atoms with E-state index in [2.05, 4.69) is 10.3 Å². The van der Waals surface area contributed by atoms with Gasteiger partial charge in [0.25, 0.3) is 0 Å². The minimum Gasteiger partial charge on any atom is -0.443 e. The van der Waals surface area contributed by atoms with Crippen LogP contribution in [0.1, 0.15) is 37.5 Å². The van der Waals surface area contributed by atoms with Gasteiger partial charge in [0.1, 0.15) is 10.3 Å². The Kier molecular flexibility index (Phi) is 6.68. The molecule has 0 aliphatic carbocycles. The molecule has 2 aromatic carbocycles. The first kappa shape index (κ1) is 27.1. The van der Waals surface area contributed by atoms with Crippen molar-refractivity contribution in [1.82, 2.24) is 0 Å². The van der Waals surface area contributed by atoms with E-state index >= 15 is 0 Å². The molecular formula is C24H23F6N3O3S. The van der Waals surface area contributed by atoms with E-state index < -0.39 is 51.8 Å². The first-order chi connectivity index (χ1) is 17.0. The number of hydrogen-bond donors (Lipinski definition) is 1. The molecule has 2 aromatic rings. The number of nitrogens with one attached hydrogen (secondary N) is 1. The fraction of sp³-hybridized carbons (Fsp3) is 0.417. The number of amides is 1. The number of carbonyl (C=O) groups is 1. The number of nitrogens with zero attached hydrogens (tertiary/aromatic N) is 2. The van der Waals surface area contributed by atoms with E-state index in [-0.39, 0.29) is 17.8 Å². The van der Waals surface area contributed by atoms with E-state index in [0.29, 0.717) is 23.4 Å². The summed E-state index contributed by atoms with van der Waals surface area (Å²) in [6.45, 7) is 5.18. The number of carbonyl (C=O) groups excluding carboxylic acids is 1. The highest BCUT2D eigenvalue weighted by Crippen LogP contribution is 2.55. The Balaban J connectivity index is 1.67. The average molecular weight is 548 g/mol. The predicted octanol–water partition coefficient (Wildman–Crippen LogP) is 6.86. The van der Waals surface area contributed by atoms with Crippen LogP contribution in [-0.2, 0) is 26.6 Å². The summed E-state index contributed by atoms with van der Waals surface area (Å²) in [6.07, 6.45) is -11.6. The van der Waals surface area contributed by atoms with E-state index in [9.17, 15) is 31.1 Å². The Morgan fingerprint density at radius 1 is 1.05 bits per heavy atom. The molecule has 0 unspecified atom stereocenters. The number of aliphatic imine (C=N–C) groups is 1. The Labute approximate surface area is 213 Å². The maximum atomic E-state index is 13.3. The van der Waals surface area contributed by atoms with Crippen LogP contribution in [0, 0.1) is 0 Å². The molecule has 0 saturated heterocycles. The van der Waals surface area contributed by atoms with Crippen LogP contribution in [-0.4, -0.2) is 36.7 Å². The molecular weight excluding hydrogens is 524 g/mol. The van der Waals surface area contributed by atoms with Crippen LogP contribution >= 0.6 is 11.8 Å². The molecule has 6 nitrogen and oxygen atoms in total. The number of anilines is 2. The first-order valence-corrected chi connectivity index (χ1v) is 11.8. The highest BCUT2D eigenvalue weighted by atomic mass is 32.2. The number of ether oxygens (including phenoxy) is 2. The lowest BCUT2D eigenvalue weighted by Crippen LogP contribution is -2.49. The van der Waals surface area contributed by atoms with Gasteiger partial charge in [-0.05, 0) is 50.6 Å². The maximum Gasteiger partial charge on any atom is 0.417 e. The zero-order valence-corrected chi connectivity index (χ0v) is 20.9. The Morgan fingerprint density at radius 3 is 2.19 bits per heavy atom. The molecule has 2 aliphatic rings. The Bertz CT molecular complexity index is 1210. The van der Waals surface area contributed by atoms with Gasteiger partial charge in [-0.3, -0.25) is 4.99 Å². The molecule has 0 radical (unpaired) electrons. The summed E-state index contributed by atoms with van der Waals surface area (Å²) >= 11 is 1.06. The molecule has 13 heteroatoms. The van der Waals surface area contributed by atoms with Crippen molar-refractivity contribution in [2.75, 3.05) is 23.9 Å². The van der Waals surface area contributed by atoms with Crippen molar-refractivity contribution in [3.8, 4) is 0 Å². The number of hydrogen-bond acceptors (Lipinski definition) is 6. The summed E-state index contributed by atoms with van der Waals surface area (Å²) in [5.74, 6) is 0. The van der Waals surface area contributed by atoms with Gasteiger partial charge in [-0.2, -0.15) is 26.3 Å². The lowest BCUT2D eigenvalue weighted by Gasteiger charge is -2.34. The molecule has 0 saturated carbocycles. The predicted molar refractivity (Wildman–Crippen MR) is 128 cm³/mol. The summed E-state index contributed by atoms with van der Waals surface area (Å²) in [6, 6.07) is 8.18. The van der Waals surface area contributed by atoms with Crippen molar-refractivity contribution in [2.24, 2.45) is 4.99 Å². The van der Waals surface area contributed by atoms with Crippen molar-refractivity contribution in [3.63, 3.8) is 0 Å². The van der Waals surface area contributed by atoms with E-state index in [1.807, 2.05) is 0 Å². The molecule has 1 N–H and O–H groups in total. The molecule has 0 aromatic heterocycles. The van der Waals surface area contributed by atoms with Gasteiger partial charge in [0.2, 0.25) is 0 Å². The summed E-state index contributed by atoms with van der Waals surface area (Å²) in [5, 5.41) is 2.68. The lowest BCUT2D eigenvalue weighted by molar-refractivity contribution is -0.143. The standard InChI is InChI=1S/C24H23F6N3O3S/c1-21(2,3)36-20(34)33-17-8-6-5-7-16(17)22(18(33)35-4)12-31-19(37-22)32-15-10-13(23(25,26)27)9-14(11-15)24(28,29)30/h5-11,18H,12H2,1-4H3,(H,31,32)/t18-,22-/m0/s1. The van der Waals surface area contributed by atoms with Gasteiger partial charge in [-0.1, -0.05) is 30.0 Å². The maximum absolute atomic E-state index is 13.3. The Morgan fingerprint density at radius 2 is 1.65 bits per heavy atom. The highest BCUT2D eigenvalue weighted by molar-refractivity contribution is 8.15. The van der Waals surface area contributed by atoms with Crippen LogP contribution in [0.2, 0.25) is 0 Å². The number of methoxy groups -OCH3 is 1. The second-order valence-corrected chi connectivity index (χ2v) is 10.8. The third-order valence-corrected chi connectivity index (χ3v) is 6.98. The van der Waals surface area contributed by atoms with Gasteiger partial charge in [-0.25, -0.2) is 9.69 Å². The number of alkyl halides is 6. The lowest BCUT2D eigenvalue weighted by atomic mass is 9.99. The first-order valence-electron chi connectivity index (χ1n) is 11.0. The van der Waals surface area contributed by atoms with E-state index in [1.165, 1.54) is 12.0 Å². The Hall–Kier alpha value is -2.93. The van der Waals surface area contributed by atoms with Crippen LogP contribution in [0.5, 0.6) is 0 Å². The number of para-hydroxylation sites is 1. The van der Waals surface area contributed by atoms with Crippen LogP contribution < -0.4 is 10.2 Å². The van der Waals surface area contributed by atoms with Gasteiger partial charge < -0.3 is 14.8 Å². The SMILES string of the molecule is CO[C@@H]1N(C(=O)OC(C)(C)C)c2ccccc2[C@@]12CN=C(Nc1cc(C(F)(F)F)cc(C(F)(F)F)c1)S2. The molecule has 1 spiro atoms. The smallest absolute Gasteiger partial charge is 0.417 e. The molecule has 2 aliphatic heterocycles. The minimum atomic E-state index is -4.98. The number of benzene rings is 2. The van der Waals surface area contributed by atoms with Crippen LogP contribution in [0.25, 0.3) is 0 Å². The monoisotopic (exact) mass is 547 g/mol. The minimum absolute atomic E-state index is 0.0416. The summed E-state index contributed by atoms with van der Waals surface area (Å²) in [7, 11) is 1.39. The van der Waals surface area contributed by atoms with Crippen molar-refractivity contribution >= 4 is 34.4 Å². The van der Waals surface area contributed by atoms with E-state index in [4.69, 9.17) is 9.47 Å². The van der Waals surface area contributed by atoms with Crippen LogP contribution in [0.15, 0.2) is 47.5 Å². The van der Waals surface area contributed by atoms with Crippen molar-refractivity contribution in [3.05, 3.63) is 59.2 Å². The van der Waals surface area contributed by atoms with Gasteiger partial charge in [0.05, 0.1) is 23.4 Å². The van der Waals surface area contributed by atoms with Crippen molar-refractivity contribution in [2.45, 2.75) is 49.7 Å². The molecule has 1 amide bonds. The number of fused-ring (bicyclic) bond motifs is 2. The summed E-state index contributed by atoms with van der Waals surface area (Å²) < 4.78 is 90.0. The second-order valence-electron chi connectivity index (χ2n) is 9.49. The number of amidine groups is 1. The fourth-order valence-corrected chi connectivity index (χ4v) is 5.58. The molecule has 2 heterocycles. The van der Waals surface area contributed by atoms with Crippen LogP contribution in [0.3, 0.4) is 0 Å². The quantitative estimate of drug-likeness (QED) is 0.416. The molecule has 200 valence electrons. The molecule has 2 atom stereocenters. The molecule has 0 fully saturated rings. The summed E-state index contributed by atoms with van der Waals surface area (Å²) in [4.78, 5) is 18.8. The zero-order valence-electron chi connectivity index (χ0n) is 20.1. The zero-order chi connectivity index (χ0) is 27.4.